The third-order valence-electron chi connectivity index (χ3n) is 3.51. The lowest BCUT2D eigenvalue weighted by molar-refractivity contribution is 0.435. The van der Waals surface area contributed by atoms with Gasteiger partial charge in [0.05, 0.1) is 10.6 Å². The maximum atomic E-state index is 12.4. The smallest absolute Gasteiger partial charge is 0.179 e. The summed E-state index contributed by atoms with van der Waals surface area (Å²) in [6.07, 6.45) is 0. The van der Waals surface area contributed by atoms with Gasteiger partial charge in [0, 0.05) is 6.04 Å². The van der Waals surface area contributed by atoms with E-state index in [1.807, 2.05) is 40.7 Å². The third-order valence-corrected chi connectivity index (χ3v) is 5.28. The molecule has 1 aromatic rings. The van der Waals surface area contributed by atoms with E-state index in [-0.39, 0.29) is 11.8 Å². The number of hydrogen-bond acceptors (Lipinski definition) is 3. The van der Waals surface area contributed by atoms with Crippen LogP contribution in [0.1, 0.15) is 31.9 Å². The van der Waals surface area contributed by atoms with E-state index >= 15 is 0 Å². The zero-order valence-corrected chi connectivity index (χ0v) is 13.3. The first-order valence-electron chi connectivity index (χ1n) is 6.81. The van der Waals surface area contributed by atoms with E-state index < -0.39 is 9.84 Å². The van der Waals surface area contributed by atoms with Gasteiger partial charge in [-0.05, 0) is 49.6 Å². The van der Waals surface area contributed by atoms with Gasteiger partial charge in [0.15, 0.2) is 9.84 Å². The number of aryl methyl sites for hydroxylation is 2. The van der Waals surface area contributed by atoms with E-state index in [4.69, 9.17) is 0 Å². The summed E-state index contributed by atoms with van der Waals surface area (Å²) in [6.45, 7) is 10.8. The van der Waals surface area contributed by atoms with Gasteiger partial charge in [0.2, 0.25) is 0 Å². The van der Waals surface area contributed by atoms with Crippen LogP contribution in [-0.2, 0) is 9.84 Å². The summed E-state index contributed by atoms with van der Waals surface area (Å²) in [5.41, 5.74) is 2.14. The molecule has 0 saturated carbocycles. The van der Waals surface area contributed by atoms with Crippen LogP contribution in [0.4, 0.5) is 0 Å². The van der Waals surface area contributed by atoms with Crippen LogP contribution in [0.15, 0.2) is 23.1 Å². The molecule has 0 radical (unpaired) electrons. The molecule has 1 unspecified atom stereocenters. The zero-order chi connectivity index (χ0) is 14.6. The summed E-state index contributed by atoms with van der Waals surface area (Å²) in [5.74, 6) is 0.447. The van der Waals surface area contributed by atoms with Gasteiger partial charge >= 0.3 is 0 Å². The second-order valence-electron chi connectivity index (χ2n) is 5.44. The van der Waals surface area contributed by atoms with Gasteiger partial charge < -0.3 is 5.32 Å². The highest BCUT2D eigenvalue weighted by Crippen LogP contribution is 2.18. The van der Waals surface area contributed by atoms with Crippen molar-refractivity contribution in [2.24, 2.45) is 5.92 Å². The van der Waals surface area contributed by atoms with Gasteiger partial charge in [-0.1, -0.05) is 26.8 Å². The van der Waals surface area contributed by atoms with Crippen molar-refractivity contribution in [3.05, 3.63) is 29.3 Å². The molecule has 0 aliphatic carbocycles. The second-order valence-corrected chi connectivity index (χ2v) is 7.47. The van der Waals surface area contributed by atoms with Crippen molar-refractivity contribution in [2.75, 3.05) is 12.3 Å². The third kappa shape index (κ3) is 4.32. The number of benzene rings is 1. The van der Waals surface area contributed by atoms with Crippen molar-refractivity contribution >= 4 is 9.84 Å². The van der Waals surface area contributed by atoms with Crippen LogP contribution >= 0.6 is 0 Å². The summed E-state index contributed by atoms with van der Waals surface area (Å²) < 4.78 is 24.9. The molecule has 108 valence electrons. The number of hydrogen-bond donors (Lipinski definition) is 1. The highest BCUT2D eigenvalue weighted by molar-refractivity contribution is 7.91. The Morgan fingerprint density at radius 3 is 2.26 bits per heavy atom. The van der Waals surface area contributed by atoms with Crippen LogP contribution in [-0.4, -0.2) is 26.8 Å². The molecule has 0 bridgehead atoms. The van der Waals surface area contributed by atoms with Gasteiger partial charge in [-0.3, -0.25) is 0 Å². The monoisotopic (exact) mass is 283 g/mol. The molecule has 0 spiro atoms. The summed E-state index contributed by atoms with van der Waals surface area (Å²) in [5, 5.41) is 3.25. The molecule has 4 heteroatoms. The summed E-state index contributed by atoms with van der Waals surface area (Å²) >= 11 is 0. The average molecular weight is 283 g/mol. The van der Waals surface area contributed by atoms with Crippen LogP contribution in [0.3, 0.4) is 0 Å². The Labute approximate surface area is 117 Å². The fourth-order valence-electron chi connectivity index (χ4n) is 1.99. The fraction of sp³-hybridized carbons (Fsp3) is 0.600. The van der Waals surface area contributed by atoms with Crippen molar-refractivity contribution in [2.45, 2.75) is 45.6 Å². The Morgan fingerprint density at radius 2 is 1.79 bits per heavy atom. The highest BCUT2D eigenvalue weighted by atomic mass is 32.2. The Hall–Kier alpha value is -0.870. The van der Waals surface area contributed by atoms with Crippen molar-refractivity contribution in [1.29, 1.82) is 0 Å². The first-order valence-corrected chi connectivity index (χ1v) is 8.46. The fourth-order valence-corrected chi connectivity index (χ4v) is 3.79. The highest BCUT2D eigenvalue weighted by Gasteiger charge is 2.23. The number of sulfone groups is 1. The molecular formula is C15H25NO2S. The van der Waals surface area contributed by atoms with E-state index in [0.717, 1.165) is 17.7 Å². The average Bonchev–Trinajstić information content (AvgIpc) is 2.31. The van der Waals surface area contributed by atoms with Crippen molar-refractivity contribution in [3.63, 3.8) is 0 Å². The van der Waals surface area contributed by atoms with Crippen LogP contribution in [0.25, 0.3) is 0 Å². The molecule has 1 atom stereocenters. The van der Waals surface area contributed by atoms with Gasteiger partial charge in [0.25, 0.3) is 0 Å². The first kappa shape index (κ1) is 16.2. The molecule has 0 aliphatic rings. The summed E-state index contributed by atoms with van der Waals surface area (Å²) in [7, 11) is -3.23. The van der Waals surface area contributed by atoms with Gasteiger partial charge in [-0.15, -0.1) is 0 Å². The Balaban J connectivity index is 2.99. The Bertz CT molecular complexity index is 521. The lowest BCUT2D eigenvalue weighted by Crippen LogP contribution is -2.39. The van der Waals surface area contributed by atoms with Gasteiger partial charge in [0.1, 0.15) is 0 Å². The Morgan fingerprint density at radius 1 is 1.16 bits per heavy atom. The SMILES string of the molecule is CCNC(CS(=O)(=O)c1ccc(C)c(C)c1)C(C)C. The largest absolute Gasteiger partial charge is 0.313 e. The molecule has 0 heterocycles. The standard InChI is InChI=1S/C15H25NO2S/c1-6-16-15(11(2)3)10-19(17,18)14-8-7-12(4)13(5)9-14/h7-9,11,15-16H,6,10H2,1-5H3. The molecule has 19 heavy (non-hydrogen) atoms. The predicted molar refractivity (Wildman–Crippen MR) is 80.3 cm³/mol. The van der Waals surface area contributed by atoms with E-state index in [1.54, 1.807) is 12.1 Å². The van der Waals surface area contributed by atoms with E-state index in [1.165, 1.54) is 0 Å². The van der Waals surface area contributed by atoms with Crippen molar-refractivity contribution in [1.82, 2.24) is 5.32 Å². The molecule has 1 rings (SSSR count). The minimum absolute atomic E-state index is 0.00314. The van der Waals surface area contributed by atoms with E-state index in [9.17, 15) is 8.42 Å². The number of nitrogens with one attached hydrogen (secondary N) is 1. The lowest BCUT2D eigenvalue weighted by Gasteiger charge is -2.21. The molecule has 0 aliphatic heterocycles. The summed E-state index contributed by atoms with van der Waals surface area (Å²) in [6, 6.07) is 5.35. The number of rotatable bonds is 6. The maximum absolute atomic E-state index is 12.4. The van der Waals surface area contributed by atoms with E-state index in [0.29, 0.717) is 10.8 Å². The molecule has 0 fully saturated rings. The molecule has 3 nitrogen and oxygen atoms in total. The van der Waals surface area contributed by atoms with Crippen LogP contribution in [0.5, 0.6) is 0 Å². The van der Waals surface area contributed by atoms with Crippen LogP contribution in [0.2, 0.25) is 0 Å². The minimum Gasteiger partial charge on any atom is -0.313 e. The lowest BCUT2D eigenvalue weighted by atomic mass is 10.1. The molecular weight excluding hydrogens is 258 g/mol. The van der Waals surface area contributed by atoms with Crippen molar-refractivity contribution in [3.8, 4) is 0 Å². The van der Waals surface area contributed by atoms with E-state index in [2.05, 4.69) is 5.32 Å². The second kappa shape index (κ2) is 6.53. The van der Waals surface area contributed by atoms with Crippen LogP contribution < -0.4 is 5.32 Å². The Kier molecular flexibility index (Phi) is 5.56. The maximum Gasteiger partial charge on any atom is 0.179 e. The molecule has 1 N–H and O–H groups in total. The summed E-state index contributed by atoms with van der Waals surface area (Å²) in [4.78, 5) is 0.430. The topological polar surface area (TPSA) is 46.2 Å². The molecule has 0 saturated heterocycles. The van der Waals surface area contributed by atoms with Gasteiger partial charge in [-0.2, -0.15) is 0 Å². The minimum atomic E-state index is -3.23. The molecule has 0 aromatic heterocycles. The molecule has 0 amide bonds. The van der Waals surface area contributed by atoms with Crippen molar-refractivity contribution < 1.29 is 8.42 Å². The normalized spacial score (nSPS) is 13.8. The van der Waals surface area contributed by atoms with Crippen LogP contribution in [0, 0.1) is 19.8 Å². The zero-order valence-electron chi connectivity index (χ0n) is 12.5. The van der Waals surface area contributed by atoms with Gasteiger partial charge in [-0.25, -0.2) is 8.42 Å². The quantitative estimate of drug-likeness (QED) is 0.873. The molecule has 1 aromatic carbocycles. The predicted octanol–water partition coefficient (Wildman–Crippen LogP) is 2.71. The first-order chi connectivity index (χ1) is 8.77.